The lowest BCUT2D eigenvalue weighted by Crippen LogP contribution is -2.16. The van der Waals surface area contributed by atoms with Crippen LogP contribution in [0.1, 0.15) is 11.1 Å². The zero-order valence-corrected chi connectivity index (χ0v) is 8.23. The molecule has 0 fully saturated rings. The van der Waals surface area contributed by atoms with Crippen LogP contribution in [0.2, 0.25) is 0 Å². The summed E-state index contributed by atoms with van der Waals surface area (Å²) in [6, 6.07) is 8.23. The standard InChI is InChI=1S/C12H11NO2/c14-12(15)6-3-7-13-8-10-4-1-2-5-11(10)9-13/h1-2,4-5H,7-9H2,(H,14,15). The Balaban J connectivity index is 1.97. The van der Waals surface area contributed by atoms with Crippen molar-refractivity contribution >= 4 is 5.97 Å². The Labute approximate surface area is 88.3 Å². The minimum Gasteiger partial charge on any atom is -0.472 e. The third-order valence-corrected chi connectivity index (χ3v) is 2.40. The van der Waals surface area contributed by atoms with Gasteiger partial charge in [-0.2, -0.15) is 0 Å². The van der Waals surface area contributed by atoms with E-state index in [1.54, 1.807) is 0 Å². The number of nitrogens with zero attached hydrogens (tertiary/aromatic N) is 1. The average molecular weight is 201 g/mol. The molecule has 0 amide bonds. The third kappa shape index (κ3) is 2.36. The molecule has 1 heterocycles. The Morgan fingerprint density at radius 3 is 2.47 bits per heavy atom. The molecule has 15 heavy (non-hydrogen) atoms. The number of carbonyl (C=O) groups is 1. The first-order valence-electron chi connectivity index (χ1n) is 4.76. The molecule has 0 spiro atoms. The molecule has 0 atom stereocenters. The minimum atomic E-state index is -1.06. The fourth-order valence-corrected chi connectivity index (χ4v) is 1.74. The molecular formula is C12H11NO2. The molecule has 1 aromatic rings. The van der Waals surface area contributed by atoms with Gasteiger partial charge in [-0.1, -0.05) is 30.2 Å². The summed E-state index contributed by atoms with van der Waals surface area (Å²) in [6.45, 7) is 2.25. The second-order valence-corrected chi connectivity index (χ2v) is 3.52. The van der Waals surface area contributed by atoms with E-state index in [0.29, 0.717) is 6.54 Å². The van der Waals surface area contributed by atoms with Gasteiger partial charge >= 0.3 is 5.97 Å². The van der Waals surface area contributed by atoms with Crippen LogP contribution in [-0.2, 0) is 17.9 Å². The van der Waals surface area contributed by atoms with Crippen LogP contribution in [0.25, 0.3) is 0 Å². The van der Waals surface area contributed by atoms with Gasteiger partial charge in [-0.05, 0) is 11.1 Å². The molecule has 0 bridgehead atoms. The lowest BCUT2D eigenvalue weighted by Gasteiger charge is -2.08. The van der Waals surface area contributed by atoms with Crippen molar-refractivity contribution in [2.45, 2.75) is 13.1 Å². The van der Waals surface area contributed by atoms with E-state index in [1.807, 2.05) is 12.1 Å². The van der Waals surface area contributed by atoms with Crippen LogP contribution in [0.4, 0.5) is 0 Å². The summed E-state index contributed by atoms with van der Waals surface area (Å²) in [5.74, 6) is 3.70. The maximum absolute atomic E-state index is 10.2. The van der Waals surface area contributed by atoms with Crippen molar-refractivity contribution in [1.29, 1.82) is 0 Å². The SMILES string of the molecule is O=C(O)C#CCN1Cc2ccccc2C1. The Morgan fingerprint density at radius 2 is 1.93 bits per heavy atom. The Bertz CT molecular complexity index is 417. The molecular weight excluding hydrogens is 190 g/mol. The van der Waals surface area contributed by atoms with Gasteiger partial charge in [0.05, 0.1) is 6.54 Å². The molecule has 1 aliphatic heterocycles. The van der Waals surface area contributed by atoms with E-state index in [4.69, 9.17) is 5.11 Å². The van der Waals surface area contributed by atoms with Crippen molar-refractivity contribution in [2.24, 2.45) is 0 Å². The molecule has 0 aliphatic carbocycles. The molecule has 0 saturated carbocycles. The lowest BCUT2D eigenvalue weighted by molar-refractivity contribution is -0.130. The number of carboxylic acid groups (broad SMARTS) is 1. The number of hydrogen-bond donors (Lipinski definition) is 1. The highest BCUT2D eigenvalue weighted by Crippen LogP contribution is 2.21. The first kappa shape index (κ1) is 9.75. The number of hydrogen-bond acceptors (Lipinski definition) is 2. The summed E-state index contributed by atoms with van der Waals surface area (Å²) in [7, 11) is 0. The molecule has 0 unspecified atom stereocenters. The molecule has 3 nitrogen and oxygen atoms in total. The van der Waals surface area contributed by atoms with Crippen molar-refractivity contribution < 1.29 is 9.90 Å². The minimum absolute atomic E-state index is 0.515. The van der Waals surface area contributed by atoms with Gasteiger partial charge in [-0.25, -0.2) is 4.79 Å². The van der Waals surface area contributed by atoms with Gasteiger partial charge in [0.2, 0.25) is 0 Å². The molecule has 1 N–H and O–H groups in total. The summed E-state index contributed by atoms with van der Waals surface area (Å²) < 4.78 is 0. The Kier molecular flexibility index (Phi) is 2.70. The van der Waals surface area contributed by atoms with Gasteiger partial charge < -0.3 is 5.11 Å². The number of rotatable bonds is 1. The highest BCUT2D eigenvalue weighted by Gasteiger charge is 2.16. The monoisotopic (exact) mass is 201 g/mol. The van der Waals surface area contributed by atoms with E-state index in [2.05, 4.69) is 28.9 Å². The maximum Gasteiger partial charge on any atom is 0.381 e. The molecule has 0 saturated heterocycles. The van der Waals surface area contributed by atoms with E-state index >= 15 is 0 Å². The maximum atomic E-state index is 10.2. The van der Waals surface area contributed by atoms with Crippen molar-refractivity contribution in [1.82, 2.24) is 4.90 Å². The van der Waals surface area contributed by atoms with Gasteiger partial charge in [-0.15, -0.1) is 0 Å². The second kappa shape index (κ2) is 4.16. The van der Waals surface area contributed by atoms with Gasteiger partial charge in [0.15, 0.2) is 0 Å². The van der Waals surface area contributed by atoms with Crippen molar-refractivity contribution in [3.63, 3.8) is 0 Å². The van der Waals surface area contributed by atoms with E-state index < -0.39 is 5.97 Å². The number of fused-ring (bicyclic) bond motifs is 1. The van der Waals surface area contributed by atoms with Crippen molar-refractivity contribution in [2.75, 3.05) is 6.54 Å². The molecule has 0 radical (unpaired) electrons. The highest BCUT2D eigenvalue weighted by molar-refractivity contribution is 5.86. The summed E-state index contributed by atoms with van der Waals surface area (Å²) in [5, 5.41) is 8.37. The van der Waals surface area contributed by atoms with Crippen LogP contribution in [0, 0.1) is 11.8 Å². The van der Waals surface area contributed by atoms with E-state index in [0.717, 1.165) is 13.1 Å². The van der Waals surface area contributed by atoms with E-state index in [-0.39, 0.29) is 0 Å². The van der Waals surface area contributed by atoms with Crippen molar-refractivity contribution in [3.8, 4) is 11.8 Å². The third-order valence-electron chi connectivity index (χ3n) is 2.40. The lowest BCUT2D eigenvalue weighted by atomic mass is 10.1. The summed E-state index contributed by atoms with van der Waals surface area (Å²) in [5.41, 5.74) is 2.63. The fraction of sp³-hybridized carbons (Fsp3) is 0.250. The van der Waals surface area contributed by atoms with E-state index in [1.165, 1.54) is 11.1 Å². The fourth-order valence-electron chi connectivity index (χ4n) is 1.74. The van der Waals surface area contributed by atoms with Gasteiger partial charge in [-0.3, -0.25) is 4.90 Å². The molecule has 0 aromatic heterocycles. The smallest absolute Gasteiger partial charge is 0.381 e. The molecule has 1 aliphatic rings. The quantitative estimate of drug-likeness (QED) is 0.691. The topological polar surface area (TPSA) is 40.5 Å². The molecule has 2 rings (SSSR count). The number of benzene rings is 1. The summed E-state index contributed by atoms with van der Waals surface area (Å²) in [6.07, 6.45) is 0. The molecule has 1 aromatic carbocycles. The first-order chi connectivity index (χ1) is 7.25. The van der Waals surface area contributed by atoms with Crippen LogP contribution in [0.15, 0.2) is 24.3 Å². The second-order valence-electron chi connectivity index (χ2n) is 3.52. The summed E-state index contributed by atoms with van der Waals surface area (Å²) in [4.78, 5) is 12.3. The highest BCUT2D eigenvalue weighted by atomic mass is 16.4. The van der Waals surface area contributed by atoms with Gasteiger partial charge in [0.25, 0.3) is 0 Å². The number of aliphatic carboxylic acids is 1. The van der Waals surface area contributed by atoms with Crippen LogP contribution in [0.3, 0.4) is 0 Å². The molecule has 76 valence electrons. The molecule has 3 heteroatoms. The largest absolute Gasteiger partial charge is 0.472 e. The number of carboxylic acids is 1. The van der Waals surface area contributed by atoms with E-state index in [9.17, 15) is 4.79 Å². The summed E-state index contributed by atoms with van der Waals surface area (Å²) >= 11 is 0. The van der Waals surface area contributed by atoms with Gasteiger partial charge in [0.1, 0.15) is 0 Å². The van der Waals surface area contributed by atoms with Crippen LogP contribution in [0.5, 0.6) is 0 Å². The Morgan fingerprint density at radius 1 is 1.33 bits per heavy atom. The van der Waals surface area contributed by atoms with Crippen LogP contribution >= 0.6 is 0 Å². The normalized spacial score (nSPS) is 14.1. The van der Waals surface area contributed by atoms with Gasteiger partial charge in [0, 0.05) is 19.0 Å². The Hall–Kier alpha value is -1.79. The van der Waals surface area contributed by atoms with Crippen molar-refractivity contribution in [3.05, 3.63) is 35.4 Å². The zero-order chi connectivity index (χ0) is 10.7. The zero-order valence-electron chi connectivity index (χ0n) is 8.23. The van der Waals surface area contributed by atoms with Crippen LogP contribution in [-0.4, -0.2) is 22.5 Å². The van der Waals surface area contributed by atoms with Crippen LogP contribution < -0.4 is 0 Å². The predicted molar refractivity (Wildman–Crippen MR) is 56.0 cm³/mol. The average Bonchev–Trinajstić information content (AvgIpc) is 2.59. The first-order valence-corrected chi connectivity index (χ1v) is 4.76. The predicted octanol–water partition coefficient (Wildman–Crippen LogP) is 1.09.